The molecule has 1 N–H and O–H groups in total. The lowest BCUT2D eigenvalue weighted by Gasteiger charge is -2.30. The van der Waals surface area contributed by atoms with Gasteiger partial charge >= 0.3 is 0 Å². The van der Waals surface area contributed by atoms with Crippen LogP contribution >= 0.6 is 11.6 Å². The van der Waals surface area contributed by atoms with E-state index in [1.54, 1.807) is 12.3 Å². The van der Waals surface area contributed by atoms with Gasteiger partial charge in [-0.05, 0) is 23.8 Å². The minimum Gasteiger partial charge on any atom is -0.350 e. The topological polar surface area (TPSA) is 45.2 Å². The van der Waals surface area contributed by atoms with Gasteiger partial charge in [-0.2, -0.15) is 0 Å². The van der Waals surface area contributed by atoms with Gasteiger partial charge < -0.3 is 10.2 Å². The average Bonchev–Trinajstić information content (AvgIpc) is 2.34. The van der Waals surface area contributed by atoms with Gasteiger partial charge in [-0.25, -0.2) is 4.98 Å². The number of allylic oxidation sites excluding steroid dienone is 2. The van der Waals surface area contributed by atoms with Crippen LogP contribution in [0, 0.1) is 0 Å². The zero-order chi connectivity index (χ0) is 13.0. The molecule has 1 aromatic rings. The molecule has 1 amide bonds. The molecule has 0 bridgehead atoms. The van der Waals surface area contributed by atoms with Crippen molar-refractivity contribution in [2.24, 2.45) is 0 Å². The molecule has 0 aromatic carbocycles. The highest BCUT2D eigenvalue weighted by Crippen LogP contribution is 2.13. The van der Waals surface area contributed by atoms with Crippen molar-refractivity contribution in [3.8, 4) is 0 Å². The lowest BCUT2D eigenvalue weighted by Crippen LogP contribution is -2.44. The molecular formula is C13H14ClN3O. The lowest BCUT2D eigenvalue weighted by atomic mass is 10.2. The predicted octanol–water partition coefficient (Wildman–Crippen LogP) is 2.08. The number of nitrogens with one attached hydrogen (secondary N) is 1. The highest BCUT2D eigenvalue weighted by atomic mass is 35.5. The van der Waals surface area contributed by atoms with Gasteiger partial charge in [-0.3, -0.25) is 4.79 Å². The third-order valence-electron chi connectivity index (χ3n) is 2.54. The fourth-order valence-corrected chi connectivity index (χ4v) is 1.85. The molecule has 18 heavy (non-hydrogen) atoms. The molecule has 1 atom stereocenters. The second-order valence-electron chi connectivity index (χ2n) is 4.03. The number of amides is 1. The van der Waals surface area contributed by atoms with Gasteiger partial charge in [0.2, 0.25) is 5.91 Å². The summed E-state index contributed by atoms with van der Waals surface area (Å²) in [6, 6.07) is 3.68. The zero-order valence-corrected chi connectivity index (χ0v) is 10.8. The number of carbonyl (C=O) groups is 1. The fraction of sp³-hybridized carbons (Fsp3) is 0.231. The van der Waals surface area contributed by atoms with Crippen molar-refractivity contribution < 1.29 is 4.79 Å². The largest absolute Gasteiger partial charge is 0.350 e. The molecule has 4 nitrogen and oxygen atoms in total. The second kappa shape index (κ2) is 5.69. The van der Waals surface area contributed by atoms with E-state index in [4.69, 9.17) is 11.6 Å². The molecule has 0 spiro atoms. The Labute approximate surface area is 111 Å². The smallest absolute Gasteiger partial charge is 0.218 e. The number of halogens is 1. The first-order valence-corrected chi connectivity index (χ1v) is 6.01. The Morgan fingerprint density at radius 2 is 2.33 bits per heavy atom. The Bertz CT molecular complexity index is 482. The van der Waals surface area contributed by atoms with Crippen molar-refractivity contribution in [2.75, 3.05) is 0 Å². The summed E-state index contributed by atoms with van der Waals surface area (Å²) in [6.07, 6.45) is 9.33. The van der Waals surface area contributed by atoms with Crippen molar-refractivity contribution in [3.63, 3.8) is 0 Å². The standard InChI is InChI=1S/C13H14ClN3O/c1-10(18)16-13-4-2-3-7-17(13)9-11-5-6-12(14)15-8-11/h2-8,13H,9H2,1H3,(H,16,18). The first kappa shape index (κ1) is 12.6. The SMILES string of the molecule is CC(=O)NC1C=CC=CN1Cc1ccc(Cl)nc1. The maximum atomic E-state index is 11.1. The monoisotopic (exact) mass is 263 g/mol. The number of nitrogens with zero attached hydrogens (tertiary/aromatic N) is 2. The minimum absolute atomic E-state index is 0.0563. The third-order valence-corrected chi connectivity index (χ3v) is 2.77. The lowest BCUT2D eigenvalue weighted by molar-refractivity contribution is -0.120. The summed E-state index contributed by atoms with van der Waals surface area (Å²) >= 11 is 5.75. The van der Waals surface area contributed by atoms with Gasteiger partial charge in [-0.15, -0.1) is 0 Å². The predicted molar refractivity (Wildman–Crippen MR) is 70.7 cm³/mol. The molecule has 2 rings (SSSR count). The molecule has 0 radical (unpaired) electrons. The molecule has 1 aliphatic rings. The van der Waals surface area contributed by atoms with Gasteiger partial charge in [0.25, 0.3) is 0 Å². The number of hydrogen-bond acceptors (Lipinski definition) is 3. The van der Waals surface area contributed by atoms with Crippen molar-refractivity contribution >= 4 is 17.5 Å². The molecular weight excluding hydrogens is 250 g/mol. The van der Waals surface area contributed by atoms with Crippen LogP contribution in [0.2, 0.25) is 5.15 Å². The van der Waals surface area contributed by atoms with Crippen LogP contribution in [-0.4, -0.2) is 22.0 Å². The maximum absolute atomic E-state index is 11.1. The van der Waals surface area contributed by atoms with Crippen LogP contribution in [0.15, 0.2) is 42.8 Å². The Kier molecular flexibility index (Phi) is 3.99. The molecule has 94 valence electrons. The molecule has 0 saturated heterocycles. The number of hydrogen-bond donors (Lipinski definition) is 1. The molecule has 5 heteroatoms. The molecule has 0 aliphatic carbocycles. The highest BCUT2D eigenvalue weighted by molar-refractivity contribution is 6.29. The van der Waals surface area contributed by atoms with E-state index in [2.05, 4.69) is 10.3 Å². The summed E-state index contributed by atoms with van der Waals surface area (Å²) in [5.74, 6) is -0.0563. The van der Waals surface area contributed by atoms with E-state index in [0.29, 0.717) is 11.7 Å². The van der Waals surface area contributed by atoms with Crippen LogP contribution in [0.1, 0.15) is 12.5 Å². The van der Waals surface area contributed by atoms with Gasteiger partial charge in [0, 0.05) is 25.9 Å². The third kappa shape index (κ3) is 3.34. The van der Waals surface area contributed by atoms with Gasteiger partial charge in [0.05, 0.1) is 0 Å². The quantitative estimate of drug-likeness (QED) is 0.850. The summed E-state index contributed by atoms with van der Waals surface area (Å²) in [4.78, 5) is 17.2. The van der Waals surface area contributed by atoms with E-state index in [-0.39, 0.29) is 12.1 Å². The average molecular weight is 264 g/mol. The minimum atomic E-state index is -0.122. The van der Waals surface area contributed by atoms with Gasteiger partial charge in [-0.1, -0.05) is 23.7 Å². The van der Waals surface area contributed by atoms with Crippen LogP contribution < -0.4 is 5.32 Å². The Balaban J connectivity index is 2.06. The molecule has 0 fully saturated rings. The van der Waals surface area contributed by atoms with Crippen LogP contribution in [-0.2, 0) is 11.3 Å². The second-order valence-corrected chi connectivity index (χ2v) is 4.42. The van der Waals surface area contributed by atoms with E-state index < -0.39 is 0 Å². The van der Waals surface area contributed by atoms with Crippen molar-refractivity contribution in [2.45, 2.75) is 19.6 Å². The number of pyridine rings is 1. The maximum Gasteiger partial charge on any atom is 0.218 e. The first-order chi connectivity index (χ1) is 8.65. The van der Waals surface area contributed by atoms with Gasteiger partial charge in [0.1, 0.15) is 11.3 Å². The van der Waals surface area contributed by atoms with E-state index in [1.165, 1.54) is 6.92 Å². The summed E-state index contributed by atoms with van der Waals surface area (Å²) in [6.45, 7) is 2.17. The Hall–Kier alpha value is -1.81. The highest BCUT2D eigenvalue weighted by Gasteiger charge is 2.15. The van der Waals surface area contributed by atoms with E-state index >= 15 is 0 Å². The van der Waals surface area contributed by atoms with Crippen LogP contribution in [0.3, 0.4) is 0 Å². The van der Waals surface area contributed by atoms with Crippen LogP contribution in [0.4, 0.5) is 0 Å². The van der Waals surface area contributed by atoms with E-state index in [1.807, 2.05) is 35.4 Å². The summed E-state index contributed by atoms with van der Waals surface area (Å²) in [5, 5.41) is 3.34. The summed E-state index contributed by atoms with van der Waals surface area (Å²) < 4.78 is 0. The van der Waals surface area contributed by atoms with E-state index in [9.17, 15) is 4.79 Å². The van der Waals surface area contributed by atoms with E-state index in [0.717, 1.165) is 5.56 Å². The van der Waals surface area contributed by atoms with Crippen LogP contribution in [0.5, 0.6) is 0 Å². The fourth-order valence-electron chi connectivity index (χ4n) is 1.73. The number of aromatic nitrogens is 1. The Morgan fingerprint density at radius 3 is 3.00 bits per heavy atom. The molecule has 2 heterocycles. The number of carbonyl (C=O) groups excluding carboxylic acids is 1. The molecule has 1 aromatic heterocycles. The van der Waals surface area contributed by atoms with Crippen molar-refractivity contribution in [1.82, 2.24) is 15.2 Å². The molecule has 1 aliphatic heterocycles. The molecule has 1 unspecified atom stereocenters. The first-order valence-electron chi connectivity index (χ1n) is 5.63. The number of rotatable bonds is 3. The zero-order valence-electron chi connectivity index (χ0n) is 10.0. The van der Waals surface area contributed by atoms with Crippen molar-refractivity contribution in [1.29, 1.82) is 0 Å². The molecule has 0 saturated carbocycles. The summed E-state index contributed by atoms with van der Waals surface area (Å²) in [5.41, 5.74) is 1.04. The van der Waals surface area contributed by atoms with Crippen LogP contribution in [0.25, 0.3) is 0 Å². The Morgan fingerprint density at radius 1 is 1.50 bits per heavy atom. The summed E-state index contributed by atoms with van der Waals surface area (Å²) in [7, 11) is 0. The van der Waals surface area contributed by atoms with Crippen molar-refractivity contribution in [3.05, 3.63) is 53.5 Å². The van der Waals surface area contributed by atoms with Gasteiger partial charge in [0.15, 0.2) is 0 Å². The normalized spacial score (nSPS) is 17.9.